The molecule has 30 heavy (non-hydrogen) atoms. The smallest absolute Gasteiger partial charge is 0.224 e. The summed E-state index contributed by atoms with van der Waals surface area (Å²) in [6.45, 7) is 6.50. The summed E-state index contributed by atoms with van der Waals surface area (Å²) in [4.78, 5) is 14.9. The van der Waals surface area contributed by atoms with Crippen molar-refractivity contribution in [2.45, 2.75) is 45.4 Å². The van der Waals surface area contributed by atoms with E-state index in [1.54, 1.807) is 0 Å². The molecule has 0 aliphatic carbocycles. The molecule has 1 amide bonds. The zero-order valence-electron chi connectivity index (χ0n) is 17.8. The highest BCUT2D eigenvalue weighted by molar-refractivity contribution is 5.79. The molecule has 1 aliphatic rings. The molecule has 1 aromatic carbocycles. The minimum Gasteiger partial charge on any atom is -0.356 e. The molecule has 1 N–H and O–H groups in total. The molecule has 1 unspecified atom stereocenters. The number of carbonyl (C=O) groups excluding carboxylic acids is 1. The number of rotatable bonds is 7. The number of aromatic nitrogens is 4. The number of benzene rings is 1. The van der Waals surface area contributed by atoms with Gasteiger partial charge in [-0.1, -0.05) is 44.2 Å². The Morgan fingerprint density at radius 1 is 1.17 bits per heavy atom. The van der Waals surface area contributed by atoms with Gasteiger partial charge in [0.15, 0.2) is 11.5 Å². The lowest BCUT2D eigenvalue weighted by Crippen LogP contribution is -2.43. The number of piperidine rings is 1. The van der Waals surface area contributed by atoms with Crippen molar-refractivity contribution < 1.29 is 4.79 Å². The minimum absolute atomic E-state index is 0.00143. The maximum absolute atomic E-state index is 12.7. The number of fused-ring (bicyclic) bond motifs is 1. The van der Waals surface area contributed by atoms with E-state index in [1.165, 1.54) is 5.56 Å². The Bertz CT molecular complexity index is 984. The van der Waals surface area contributed by atoms with Gasteiger partial charge in [0.2, 0.25) is 5.91 Å². The number of hydrogen-bond acceptors (Lipinski definition) is 5. The fourth-order valence-corrected chi connectivity index (χ4v) is 4.02. The summed E-state index contributed by atoms with van der Waals surface area (Å²) in [6.07, 6.45) is 3.85. The largest absolute Gasteiger partial charge is 0.356 e. The van der Waals surface area contributed by atoms with E-state index >= 15 is 0 Å². The molecular weight excluding hydrogens is 376 g/mol. The normalized spacial score (nSPS) is 16.9. The molecule has 2 aromatic heterocycles. The molecule has 1 fully saturated rings. The third-order valence-corrected chi connectivity index (χ3v) is 5.69. The van der Waals surface area contributed by atoms with Crippen molar-refractivity contribution in [2.75, 3.05) is 24.5 Å². The van der Waals surface area contributed by atoms with Crippen LogP contribution in [0.2, 0.25) is 0 Å². The molecule has 3 aromatic rings. The quantitative estimate of drug-likeness (QED) is 0.610. The van der Waals surface area contributed by atoms with Gasteiger partial charge in [-0.05, 0) is 43.4 Å². The molecule has 0 saturated carbocycles. The van der Waals surface area contributed by atoms with Crippen LogP contribution in [0, 0.1) is 5.92 Å². The van der Waals surface area contributed by atoms with Crippen LogP contribution >= 0.6 is 0 Å². The second-order valence-electron chi connectivity index (χ2n) is 8.34. The summed E-state index contributed by atoms with van der Waals surface area (Å²) in [7, 11) is 0. The lowest BCUT2D eigenvalue weighted by atomic mass is 9.97. The number of hydrogen-bond donors (Lipinski definition) is 1. The summed E-state index contributed by atoms with van der Waals surface area (Å²) in [5.41, 5.74) is 2.07. The van der Waals surface area contributed by atoms with Crippen LogP contribution in [0.5, 0.6) is 0 Å². The second kappa shape index (κ2) is 9.24. The van der Waals surface area contributed by atoms with Gasteiger partial charge in [-0.15, -0.1) is 15.3 Å². The molecule has 1 atom stereocenters. The molecule has 7 heteroatoms. The molecule has 4 rings (SSSR count). The molecule has 0 radical (unpaired) electrons. The zero-order valence-corrected chi connectivity index (χ0v) is 17.8. The van der Waals surface area contributed by atoms with Crippen LogP contribution in [0.25, 0.3) is 5.65 Å². The summed E-state index contributed by atoms with van der Waals surface area (Å²) >= 11 is 0. The van der Waals surface area contributed by atoms with Gasteiger partial charge in [0.25, 0.3) is 0 Å². The van der Waals surface area contributed by atoms with Crippen LogP contribution in [0.15, 0.2) is 42.5 Å². The predicted molar refractivity (Wildman–Crippen MR) is 118 cm³/mol. The Morgan fingerprint density at radius 3 is 2.80 bits per heavy atom. The molecule has 1 saturated heterocycles. The maximum atomic E-state index is 12.7. The molecule has 158 valence electrons. The van der Waals surface area contributed by atoms with Crippen molar-refractivity contribution in [3.8, 4) is 0 Å². The van der Waals surface area contributed by atoms with Crippen LogP contribution in [0.3, 0.4) is 0 Å². The topological polar surface area (TPSA) is 75.4 Å². The van der Waals surface area contributed by atoms with Gasteiger partial charge in [-0.25, -0.2) is 0 Å². The number of nitrogens with one attached hydrogen (secondary N) is 1. The standard InChI is InChI=1S/C23H30N6O/c1-17(2)22-26-25-20-12-13-21(27-29(20)22)28-15-7-11-19(16-28)23(30)24-14-6-10-18-8-4-3-5-9-18/h3-5,8-9,12-13,17,19H,6-7,10-11,14-16H2,1-2H3,(H,24,30). The Hall–Kier alpha value is -2.96. The highest BCUT2D eigenvalue weighted by Crippen LogP contribution is 2.23. The van der Waals surface area contributed by atoms with E-state index in [0.29, 0.717) is 13.1 Å². The Morgan fingerprint density at radius 2 is 2.00 bits per heavy atom. The molecule has 0 bridgehead atoms. The van der Waals surface area contributed by atoms with E-state index < -0.39 is 0 Å². The van der Waals surface area contributed by atoms with Gasteiger partial charge < -0.3 is 10.2 Å². The molecule has 1 aliphatic heterocycles. The van der Waals surface area contributed by atoms with Crippen molar-refractivity contribution in [1.82, 2.24) is 25.1 Å². The van der Waals surface area contributed by atoms with Gasteiger partial charge >= 0.3 is 0 Å². The Labute approximate surface area is 177 Å². The van der Waals surface area contributed by atoms with Crippen molar-refractivity contribution in [1.29, 1.82) is 0 Å². The Balaban J connectivity index is 1.34. The summed E-state index contributed by atoms with van der Waals surface area (Å²) in [5, 5.41) is 16.4. The molecular formula is C23H30N6O. The number of aryl methyl sites for hydroxylation is 1. The fourth-order valence-electron chi connectivity index (χ4n) is 4.02. The van der Waals surface area contributed by atoms with Crippen molar-refractivity contribution >= 4 is 17.4 Å². The number of nitrogens with zero attached hydrogens (tertiary/aromatic N) is 5. The van der Waals surface area contributed by atoms with E-state index in [9.17, 15) is 4.79 Å². The highest BCUT2D eigenvalue weighted by Gasteiger charge is 2.27. The van der Waals surface area contributed by atoms with Crippen molar-refractivity contribution in [3.05, 3.63) is 53.9 Å². The van der Waals surface area contributed by atoms with Crippen LogP contribution in [0.1, 0.15) is 50.4 Å². The summed E-state index contributed by atoms with van der Waals surface area (Å²) in [6, 6.07) is 14.3. The van der Waals surface area contributed by atoms with E-state index in [4.69, 9.17) is 5.10 Å². The first-order chi connectivity index (χ1) is 14.6. The maximum Gasteiger partial charge on any atom is 0.224 e. The van der Waals surface area contributed by atoms with Crippen molar-refractivity contribution in [2.24, 2.45) is 5.92 Å². The average molecular weight is 407 g/mol. The first-order valence-corrected chi connectivity index (χ1v) is 10.9. The van der Waals surface area contributed by atoms with Crippen molar-refractivity contribution in [3.63, 3.8) is 0 Å². The first kappa shape index (κ1) is 20.3. The third-order valence-electron chi connectivity index (χ3n) is 5.69. The highest BCUT2D eigenvalue weighted by atomic mass is 16.1. The second-order valence-corrected chi connectivity index (χ2v) is 8.34. The van der Waals surface area contributed by atoms with Crippen LogP contribution in [-0.4, -0.2) is 45.4 Å². The molecule has 0 spiro atoms. The SMILES string of the molecule is CC(C)c1nnc2ccc(N3CCCC(C(=O)NCCCc4ccccc4)C3)nn12. The van der Waals surface area contributed by atoms with Gasteiger partial charge in [0, 0.05) is 25.6 Å². The van der Waals surface area contributed by atoms with Gasteiger partial charge in [-0.2, -0.15) is 4.52 Å². The summed E-state index contributed by atoms with van der Waals surface area (Å²) in [5.74, 6) is 2.14. The van der Waals surface area contributed by atoms with Crippen LogP contribution in [0.4, 0.5) is 5.82 Å². The van der Waals surface area contributed by atoms with Gasteiger partial charge in [-0.3, -0.25) is 4.79 Å². The lowest BCUT2D eigenvalue weighted by Gasteiger charge is -2.32. The minimum atomic E-state index is -0.00143. The van der Waals surface area contributed by atoms with E-state index in [2.05, 4.69) is 58.5 Å². The van der Waals surface area contributed by atoms with E-state index in [-0.39, 0.29) is 17.7 Å². The molecule has 7 nitrogen and oxygen atoms in total. The third kappa shape index (κ3) is 4.61. The monoisotopic (exact) mass is 406 g/mol. The van der Waals surface area contributed by atoms with Gasteiger partial charge in [0.1, 0.15) is 5.82 Å². The fraction of sp³-hybridized carbons (Fsp3) is 0.478. The van der Waals surface area contributed by atoms with E-state index in [0.717, 1.165) is 49.5 Å². The average Bonchev–Trinajstić information content (AvgIpc) is 3.21. The first-order valence-electron chi connectivity index (χ1n) is 10.9. The van der Waals surface area contributed by atoms with Crippen LogP contribution in [-0.2, 0) is 11.2 Å². The summed E-state index contributed by atoms with van der Waals surface area (Å²) < 4.78 is 1.83. The zero-order chi connectivity index (χ0) is 20.9. The molecule has 3 heterocycles. The number of amides is 1. The number of carbonyl (C=O) groups is 1. The lowest BCUT2D eigenvalue weighted by molar-refractivity contribution is -0.125. The Kier molecular flexibility index (Phi) is 6.26. The van der Waals surface area contributed by atoms with E-state index in [1.807, 2.05) is 22.7 Å². The number of anilines is 1. The predicted octanol–water partition coefficient (Wildman–Crippen LogP) is 3.21. The van der Waals surface area contributed by atoms with Crippen LogP contribution < -0.4 is 10.2 Å². The van der Waals surface area contributed by atoms with Gasteiger partial charge in [0.05, 0.1) is 5.92 Å².